The van der Waals surface area contributed by atoms with Gasteiger partial charge in [-0.2, -0.15) is 0 Å². The fourth-order valence-electron chi connectivity index (χ4n) is 7.70. The summed E-state index contributed by atoms with van der Waals surface area (Å²) in [6, 6.07) is 0. The summed E-state index contributed by atoms with van der Waals surface area (Å²) in [7, 11) is 0. The summed E-state index contributed by atoms with van der Waals surface area (Å²) in [5, 5.41) is 32.8. The third-order valence-electron chi connectivity index (χ3n) is 9.06. The van der Waals surface area contributed by atoms with Crippen molar-refractivity contribution in [3.8, 4) is 0 Å². The minimum absolute atomic E-state index is 0.00532. The zero-order valence-corrected chi connectivity index (χ0v) is 15.3. The Labute approximate surface area is 144 Å². The molecule has 9 unspecified atom stereocenters. The van der Waals surface area contributed by atoms with E-state index in [0.29, 0.717) is 6.42 Å². The zero-order chi connectivity index (χ0) is 17.7. The Morgan fingerprint density at radius 2 is 1.62 bits per heavy atom. The van der Waals surface area contributed by atoms with Crippen LogP contribution < -0.4 is 0 Å². The Morgan fingerprint density at radius 3 is 2.29 bits per heavy atom. The lowest BCUT2D eigenvalue weighted by Crippen LogP contribution is -2.68. The first-order chi connectivity index (χ1) is 11.1. The summed E-state index contributed by atoms with van der Waals surface area (Å²) >= 11 is 0. The number of aliphatic hydroxyl groups excluding tert-OH is 3. The van der Waals surface area contributed by atoms with E-state index in [1.807, 2.05) is 6.92 Å². The first-order valence-corrected chi connectivity index (χ1v) is 9.68. The highest BCUT2D eigenvalue weighted by Gasteiger charge is 2.74. The zero-order valence-electron chi connectivity index (χ0n) is 15.3. The van der Waals surface area contributed by atoms with Crippen LogP contribution >= 0.6 is 0 Å². The van der Waals surface area contributed by atoms with Crippen LogP contribution in [0.2, 0.25) is 0 Å². The predicted octanol–water partition coefficient (Wildman–Crippen LogP) is 2.15. The van der Waals surface area contributed by atoms with Crippen molar-refractivity contribution in [1.82, 2.24) is 0 Å². The molecule has 9 atom stereocenters. The first kappa shape index (κ1) is 17.0. The van der Waals surface area contributed by atoms with Crippen LogP contribution in [0.5, 0.6) is 0 Å². The lowest BCUT2D eigenvalue weighted by atomic mass is 9.39. The Kier molecular flexibility index (Phi) is 3.42. The molecule has 0 radical (unpaired) electrons. The van der Waals surface area contributed by atoms with Crippen LogP contribution in [0, 0.1) is 39.9 Å². The molecule has 1 spiro atoms. The SMILES string of the molecule is CC1C(=O)C23C(O)CC4C(C)(C)C(O)CCC4(C)C2CCC1C3O. The van der Waals surface area contributed by atoms with E-state index >= 15 is 0 Å². The van der Waals surface area contributed by atoms with Gasteiger partial charge in [-0.25, -0.2) is 0 Å². The Morgan fingerprint density at radius 1 is 0.958 bits per heavy atom. The number of carbonyl (C=O) groups excluding carboxylic acids is 1. The van der Waals surface area contributed by atoms with Crippen molar-refractivity contribution in [2.75, 3.05) is 0 Å². The molecule has 4 nitrogen and oxygen atoms in total. The molecule has 4 heteroatoms. The van der Waals surface area contributed by atoms with Crippen LogP contribution in [0.4, 0.5) is 0 Å². The highest BCUT2D eigenvalue weighted by molar-refractivity contribution is 5.92. The number of fused-ring (bicyclic) bond motifs is 3. The molecule has 0 amide bonds. The minimum Gasteiger partial charge on any atom is -0.393 e. The van der Waals surface area contributed by atoms with Crippen LogP contribution in [0.15, 0.2) is 0 Å². The molecule has 4 fully saturated rings. The second-order valence-corrected chi connectivity index (χ2v) is 10.0. The molecule has 2 bridgehead atoms. The van der Waals surface area contributed by atoms with E-state index in [4.69, 9.17) is 0 Å². The van der Waals surface area contributed by atoms with Crippen LogP contribution in [-0.2, 0) is 4.79 Å². The molecule has 3 N–H and O–H groups in total. The molecule has 0 aromatic rings. The fraction of sp³-hybridized carbons (Fsp3) is 0.950. The smallest absolute Gasteiger partial charge is 0.147 e. The molecule has 0 aromatic carbocycles. The van der Waals surface area contributed by atoms with Gasteiger partial charge in [-0.15, -0.1) is 0 Å². The quantitative estimate of drug-likeness (QED) is 0.633. The molecule has 0 aliphatic heterocycles. The summed E-state index contributed by atoms with van der Waals surface area (Å²) in [5.74, 6) is 0.146. The number of Topliss-reactive ketones (excluding diaryl/α,β-unsaturated/α-hetero) is 1. The number of ketones is 1. The van der Waals surface area contributed by atoms with E-state index in [1.165, 1.54) is 0 Å². The van der Waals surface area contributed by atoms with Crippen molar-refractivity contribution in [1.29, 1.82) is 0 Å². The molecule has 136 valence electrons. The molecule has 0 heterocycles. The average molecular weight is 336 g/mol. The largest absolute Gasteiger partial charge is 0.393 e. The lowest BCUT2D eigenvalue weighted by Gasteiger charge is -2.66. The van der Waals surface area contributed by atoms with Crippen molar-refractivity contribution >= 4 is 5.78 Å². The van der Waals surface area contributed by atoms with Gasteiger partial charge in [-0.05, 0) is 60.7 Å². The summed E-state index contributed by atoms with van der Waals surface area (Å²) in [5.41, 5.74) is -1.34. The van der Waals surface area contributed by atoms with E-state index in [1.54, 1.807) is 0 Å². The normalized spacial score (nSPS) is 59.0. The van der Waals surface area contributed by atoms with Gasteiger partial charge in [-0.1, -0.05) is 27.7 Å². The van der Waals surface area contributed by atoms with Crippen molar-refractivity contribution in [3.05, 3.63) is 0 Å². The van der Waals surface area contributed by atoms with Crippen molar-refractivity contribution in [2.45, 2.75) is 78.1 Å². The maximum Gasteiger partial charge on any atom is 0.147 e. The Bertz CT molecular complexity index is 572. The van der Waals surface area contributed by atoms with E-state index in [9.17, 15) is 20.1 Å². The molecule has 4 rings (SSSR count). The van der Waals surface area contributed by atoms with Crippen LogP contribution in [-0.4, -0.2) is 39.4 Å². The third kappa shape index (κ3) is 1.64. The molecule has 0 saturated heterocycles. The number of hydrogen-bond acceptors (Lipinski definition) is 4. The van der Waals surface area contributed by atoms with Crippen molar-refractivity contribution < 1.29 is 20.1 Å². The van der Waals surface area contributed by atoms with E-state index < -0.39 is 17.6 Å². The summed E-state index contributed by atoms with van der Waals surface area (Å²) < 4.78 is 0. The number of carbonyl (C=O) groups is 1. The summed E-state index contributed by atoms with van der Waals surface area (Å²) in [6.07, 6.45) is 2.05. The van der Waals surface area contributed by atoms with E-state index in [0.717, 1.165) is 25.7 Å². The summed E-state index contributed by atoms with van der Waals surface area (Å²) in [6.45, 7) is 8.40. The standard InChI is InChI=1S/C20H32O4/c1-10-11-5-6-12-19(4)8-7-14(21)18(2,3)13(19)9-15(22)20(12,16(10)23)17(11)24/h10-15,17,21-22,24H,5-9H2,1-4H3. The fourth-order valence-corrected chi connectivity index (χ4v) is 7.70. The van der Waals surface area contributed by atoms with Gasteiger partial charge in [0.15, 0.2) is 0 Å². The molecular weight excluding hydrogens is 304 g/mol. The average Bonchev–Trinajstić information content (AvgIpc) is 2.64. The molecule has 0 aromatic heterocycles. The number of aliphatic hydroxyl groups is 3. The van der Waals surface area contributed by atoms with Gasteiger partial charge < -0.3 is 15.3 Å². The second-order valence-electron chi connectivity index (χ2n) is 10.0. The number of rotatable bonds is 0. The highest BCUT2D eigenvalue weighted by Crippen LogP contribution is 2.71. The maximum absolute atomic E-state index is 13.2. The third-order valence-corrected chi connectivity index (χ3v) is 9.06. The Balaban J connectivity index is 1.85. The van der Waals surface area contributed by atoms with Crippen molar-refractivity contribution in [2.24, 2.45) is 39.9 Å². The predicted molar refractivity (Wildman–Crippen MR) is 90.1 cm³/mol. The minimum atomic E-state index is -0.966. The highest BCUT2D eigenvalue weighted by atomic mass is 16.3. The van der Waals surface area contributed by atoms with E-state index in [-0.39, 0.29) is 46.4 Å². The molecule has 4 aliphatic rings. The second kappa shape index (κ2) is 4.83. The topological polar surface area (TPSA) is 77.8 Å². The van der Waals surface area contributed by atoms with Crippen LogP contribution in [0.3, 0.4) is 0 Å². The lowest BCUT2D eigenvalue weighted by molar-refractivity contribution is -0.239. The van der Waals surface area contributed by atoms with Gasteiger partial charge in [-0.3, -0.25) is 4.79 Å². The Hall–Kier alpha value is -0.450. The van der Waals surface area contributed by atoms with Crippen LogP contribution in [0.1, 0.15) is 59.8 Å². The molecule has 4 saturated carbocycles. The monoisotopic (exact) mass is 336 g/mol. The van der Waals surface area contributed by atoms with Crippen molar-refractivity contribution in [3.63, 3.8) is 0 Å². The maximum atomic E-state index is 13.2. The van der Waals surface area contributed by atoms with Gasteiger partial charge in [0, 0.05) is 5.92 Å². The summed E-state index contributed by atoms with van der Waals surface area (Å²) in [4.78, 5) is 13.2. The van der Waals surface area contributed by atoms with Crippen LogP contribution in [0.25, 0.3) is 0 Å². The van der Waals surface area contributed by atoms with Gasteiger partial charge >= 0.3 is 0 Å². The molecular formula is C20H32O4. The molecule has 24 heavy (non-hydrogen) atoms. The number of hydrogen-bond donors (Lipinski definition) is 3. The van der Waals surface area contributed by atoms with Gasteiger partial charge in [0.2, 0.25) is 0 Å². The van der Waals surface area contributed by atoms with Gasteiger partial charge in [0.25, 0.3) is 0 Å². The first-order valence-electron chi connectivity index (χ1n) is 9.68. The van der Waals surface area contributed by atoms with Gasteiger partial charge in [0.1, 0.15) is 5.78 Å². The van der Waals surface area contributed by atoms with Gasteiger partial charge in [0.05, 0.1) is 23.7 Å². The molecule has 4 aliphatic carbocycles. The van der Waals surface area contributed by atoms with E-state index in [2.05, 4.69) is 20.8 Å².